The van der Waals surface area contributed by atoms with Gasteiger partial charge in [-0.1, -0.05) is 23.7 Å². The van der Waals surface area contributed by atoms with Gasteiger partial charge in [-0.2, -0.15) is 0 Å². The van der Waals surface area contributed by atoms with E-state index in [9.17, 15) is 9.18 Å². The molecule has 0 atom stereocenters. The number of ether oxygens (including phenoxy) is 3. The van der Waals surface area contributed by atoms with E-state index in [1.165, 1.54) is 23.4 Å². The molecule has 1 saturated carbocycles. The molecule has 5 aromatic rings. The lowest BCUT2D eigenvalue weighted by Gasteiger charge is -2.24. The topological polar surface area (TPSA) is 112 Å². The zero-order valence-corrected chi connectivity index (χ0v) is 26.0. The Kier molecular flexibility index (Phi) is 8.10. The van der Waals surface area contributed by atoms with Gasteiger partial charge in [0.2, 0.25) is 0 Å². The Balaban J connectivity index is 1.22. The van der Waals surface area contributed by atoms with Gasteiger partial charge in [-0.05, 0) is 42.2 Å². The number of halogens is 2. The molecule has 10 nitrogen and oxygen atoms in total. The van der Waals surface area contributed by atoms with Crippen molar-refractivity contribution in [2.45, 2.75) is 45.1 Å². The van der Waals surface area contributed by atoms with Crippen LogP contribution in [0.15, 0.2) is 61.1 Å². The summed E-state index contributed by atoms with van der Waals surface area (Å²) >= 11 is 6.41. The van der Waals surface area contributed by atoms with Crippen LogP contribution in [0.2, 0.25) is 5.15 Å². The van der Waals surface area contributed by atoms with Crippen LogP contribution in [0.4, 0.5) is 15.9 Å². The number of fused-ring (bicyclic) bond motifs is 3. The Bertz CT molecular complexity index is 1950. The second-order valence-electron chi connectivity index (χ2n) is 11.3. The van der Waals surface area contributed by atoms with Crippen LogP contribution in [0.5, 0.6) is 11.5 Å². The van der Waals surface area contributed by atoms with E-state index in [4.69, 9.17) is 30.8 Å². The minimum absolute atomic E-state index is 0.000372. The summed E-state index contributed by atoms with van der Waals surface area (Å²) in [5, 5.41) is 4.42. The smallest absolute Gasteiger partial charge is 0.261 e. The third kappa shape index (κ3) is 5.91. The van der Waals surface area contributed by atoms with Gasteiger partial charge in [0.1, 0.15) is 29.0 Å². The molecule has 4 heterocycles. The maximum absolute atomic E-state index is 14.4. The van der Waals surface area contributed by atoms with E-state index in [-0.39, 0.29) is 22.9 Å². The zero-order chi connectivity index (χ0) is 31.8. The molecule has 1 aliphatic heterocycles. The Labute approximate surface area is 269 Å². The second kappa shape index (κ2) is 12.5. The average Bonchev–Trinajstić information content (AvgIpc) is 3.82. The number of hydrogen-bond donors (Lipinski definition) is 1. The third-order valence-electron chi connectivity index (χ3n) is 8.23. The van der Waals surface area contributed by atoms with E-state index in [0.29, 0.717) is 43.0 Å². The predicted octanol–water partition coefficient (Wildman–Crippen LogP) is 6.60. The number of nitrogens with zero attached hydrogens (tertiary/aromatic N) is 5. The molecule has 3 aromatic heterocycles. The first-order chi connectivity index (χ1) is 22.4. The van der Waals surface area contributed by atoms with Gasteiger partial charge in [-0.25, -0.2) is 24.3 Å². The fraction of sp³-hybridized carbons (Fsp3) is 0.265. The first-order valence-corrected chi connectivity index (χ1v) is 15.2. The van der Waals surface area contributed by atoms with Crippen LogP contribution in [0.1, 0.15) is 57.2 Å². The minimum atomic E-state index is -0.613. The Hall–Kier alpha value is -4.87. The molecule has 0 unspecified atom stereocenters. The zero-order valence-electron chi connectivity index (χ0n) is 25.2. The van der Waals surface area contributed by atoms with Crippen molar-refractivity contribution in [1.29, 1.82) is 0 Å². The van der Waals surface area contributed by atoms with Gasteiger partial charge in [0.15, 0.2) is 5.15 Å². The van der Waals surface area contributed by atoms with Gasteiger partial charge in [0.25, 0.3) is 5.91 Å². The number of pyridine rings is 2. The van der Waals surface area contributed by atoms with Crippen molar-refractivity contribution in [3.05, 3.63) is 106 Å². The van der Waals surface area contributed by atoms with Crippen LogP contribution in [-0.4, -0.2) is 40.1 Å². The molecule has 1 amide bonds. The molecule has 0 spiro atoms. The molecule has 0 saturated heterocycles. The molecule has 0 bridgehead atoms. The standard InChI is InChI=1S/C34H30ClFN6O4/c1-44-24-7-6-21(30(11-24)45-2)12-40-33-27-18-46-17-26(27)25-8-3-19(9-28(25)41-33)16-42(29-10-23(36)15-37-31(29)35)34(43)22-13-38-32(39-14-22)20-4-5-20/h3,6-11,13-15,20H,4-5,12,16-18H2,1-2H3,(H,40,41). The van der Waals surface area contributed by atoms with E-state index in [1.54, 1.807) is 14.2 Å². The largest absolute Gasteiger partial charge is 0.497 e. The number of nitrogens with one attached hydrogen (secondary N) is 1. The van der Waals surface area contributed by atoms with Gasteiger partial charge in [-0.3, -0.25) is 4.79 Å². The van der Waals surface area contributed by atoms with Crippen LogP contribution in [0.25, 0.3) is 10.9 Å². The normalized spacial score (nSPS) is 13.8. The molecular formula is C34H30ClFN6O4. The molecule has 0 radical (unpaired) electrons. The monoisotopic (exact) mass is 640 g/mol. The average molecular weight is 641 g/mol. The number of aromatic nitrogens is 4. The SMILES string of the molecule is COc1ccc(CNc2nc3cc(CN(C(=O)c4cnc(C5CC5)nc4)c4cc(F)cnc4Cl)ccc3c3c2COC3)c(OC)c1. The minimum Gasteiger partial charge on any atom is -0.497 e. The molecule has 234 valence electrons. The molecule has 2 aliphatic rings. The fourth-order valence-electron chi connectivity index (χ4n) is 5.62. The third-order valence-corrected chi connectivity index (χ3v) is 8.52. The lowest BCUT2D eigenvalue weighted by Crippen LogP contribution is -2.31. The quantitative estimate of drug-likeness (QED) is 0.169. The molecule has 7 rings (SSSR count). The van der Waals surface area contributed by atoms with Crippen LogP contribution >= 0.6 is 11.6 Å². The fourth-order valence-corrected chi connectivity index (χ4v) is 5.83. The Morgan fingerprint density at radius 2 is 1.83 bits per heavy atom. The highest BCUT2D eigenvalue weighted by atomic mass is 35.5. The summed E-state index contributed by atoms with van der Waals surface area (Å²) in [5.74, 6) is 2.13. The Morgan fingerprint density at radius 3 is 2.59 bits per heavy atom. The van der Waals surface area contributed by atoms with Gasteiger partial charge in [0, 0.05) is 53.5 Å². The number of methoxy groups -OCH3 is 2. The van der Waals surface area contributed by atoms with Gasteiger partial charge in [-0.15, -0.1) is 0 Å². The summed E-state index contributed by atoms with van der Waals surface area (Å²) in [6.07, 6.45) is 6.13. The van der Waals surface area contributed by atoms with Crippen LogP contribution < -0.4 is 19.7 Å². The summed E-state index contributed by atoms with van der Waals surface area (Å²) in [6.45, 7) is 1.44. The van der Waals surface area contributed by atoms with E-state index < -0.39 is 11.7 Å². The molecule has 1 N–H and O–H groups in total. The van der Waals surface area contributed by atoms with Crippen molar-refractivity contribution in [3.8, 4) is 11.5 Å². The summed E-state index contributed by atoms with van der Waals surface area (Å²) < 4.78 is 31.1. The van der Waals surface area contributed by atoms with Gasteiger partial charge < -0.3 is 24.4 Å². The van der Waals surface area contributed by atoms with Gasteiger partial charge in [0.05, 0.1) is 56.9 Å². The second-order valence-corrected chi connectivity index (χ2v) is 11.6. The summed E-state index contributed by atoms with van der Waals surface area (Å²) in [6, 6.07) is 12.7. The number of amides is 1. The van der Waals surface area contributed by atoms with Crippen molar-refractivity contribution in [2.75, 3.05) is 24.4 Å². The van der Waals surface area contributed by atoms with E-state index >= 15 is 0 Å². The number of benzene rings is 2. The van der Waals surface area contributed by atoms with E-state index in [2.05, 4.69) is 20.3 Å². The summed E-state index contributed by atoms with van der Waals surface area (Å²) in [4.78, 5) is 33.0. The molecule has 1 fully saturated rings. The number of anilines is 2. The van der Waals surface area contributed by atoms with Crippen molar-refractivity contribution >= 4 is 39.9 Å². The molecule has 46 heavy (non-hydrogen) atoms. The van der Waals surface area contributed by atoms with Crippen LogP contribution in [0.3, 0.4) is 0 Å². The summed E-state index contributed by atoms with van der Waals surface area (Å²) in [5.41, 5.74) is 4.87. The predicted molar refractivity (Wildman–Crippen MR) is 171 cm³/mol. The van der Waals surface area contributed by atoms with Crippen molar-refractivity contribution in [3.63, 3.8) is 0 Å². The highest BCUT2D eigenvalue weighted by Crippen LogP contribution is 2.38. The molecule has 1 aliphatic carbocycles. The number of rotatable bonds is 10. The lowest BCUT2D eigenvalue weighted by molar-refractivity contribution is 0.0984. The number of carbonyl (C=O) groups is 1. The highest BCUT2D eigenvalue weighted by molar-refractivity contribution is 6.32. The lowest BCUT2D eigenvalue weighted by atomic mass is 10.0. The van der Waals surface area contributed by atoms with E-state index in [0.717, 1.165) is 58.0 Å². The van der Waals surface area contributed by atoms with Crippen molar-refractivity contribution in [1.82, 2.24) is 19.9 Å². The van der Waals surface area contributed by atoms with Crippen LogP contribution in [0, 0.1) is 5.82 Å². The molecular weight excluding hydrogens is 611 g/mol. The maximum atomic E-state index is 14.4. The number of carbonyl (C=O) groups excluding carboxylic acids is 1. The highest BCUT2D eigenvalue weighted by Gasteiger charge is 2.28. The molecule has 2 aromatic carbocycles. The number of hydrogen-bond acceptors (Lipinski definition) is 9. The van der Waals surface area contributed by atoms with Crippen LogP contribution in [-0.2, 0) is 31.0 Å². The maximum Gasteiger partial charge on any atom is 0.261 e. The first kappa shape index (κ1) is 29.8. The van der Waals surface area contributed by atoms with E-state index in [1.807, 2.05) is 36.4 Å². The Morgan fingerprint density at radius 1 is 1.02 bits per heavy atom. The summed E-state index contributed by atoms with van der Waals surface area (Å²) in [7, 11) is 3.24. The molecule has 12 heteroatoms. The first-order valence-electron chi connectivity index (χ1n) is 14.8. The van der Waals surface area contributed by atoms with Crippen molar-refractivity contribution < 1.29 is 23.4 Å². The van der Waals surface area contributed by atoms with Gasteiger partial charge >= 0.3 is 0 Å². The van der Waals surface area contributed by atoms with Crippen molar-refractivity contribution in [2.24, 2.45) is 0 Å².